The summed E-state index contributed by atoms with van der Waals surface area (Å²) in [5.74, 6) is 2.43. The smallest absolute Gasteiger partial charge is 0.304 e. The molecule has 1 heterocycles. The van der Waals surface area contributed by atoms with Crippen LogP contribution < -0.4 is 5.32 Å². The van der Waals surface area contributed by atoms with Gasteiger partial charge in [-0.15, -0.1) is 0 Å². The minimum atomic E-state index is -0.720. The van der Waals surface area contributed by atoms with Crippen LogP contribution in [0.25, 0.3) is 0 Å². The molecule has 8 atom stereocenters. The largest absolute Gasteiger partial charge is 0.481 e. The number of rotatable bonds is 10. The van der Waals surface area contributed by atoms with Crippen molar-refractivity contribution in [3.05, 3.63) is 0 Å². The number of carbonyl (C=O) groups is 1. The van der Waals surface area contributed by atoms with Gasteiger partial charge in [0.2, 0.25) is 0 Å². The Kier molecular flexibility index (Phi) is 9.86. The quantitative estimate of drug-likeness (QED) is 0.415. The zero-order chi connectivity index (χ0) is 23.1. The molecule has 0 aromatic carbocycles. The van der Waals surface area contributed by atoms with E-state index >= 15 is 0 Å². The molecule has 0 aromatic heterocycles. The number of nitrogens with one attached hydrogen (secondary N) is 1. The summed E-state index contributed by atoms with van der Waals surface area (Å²) >= 11 is 0. The molecule has 2 aliphatic carbocycles. The fourth-order valence-electron chi connectivity index (χ4n) is 7.11. The molecule has 5 heteroatoms. The van der Waals surface area contributed by atoms with E-state index in [4.69, 9.17) is 0 Å². The second kappa shape index (κ2) is 12.4. The van der Waals surface area contributed by atoms with Crippen molar-refractivity contribution >= 4 is 5.97 Å². The first-order chi connectivity index (χ1) is 15.4. The molecule has 0 bridgehead atoms. The van der Waals surface area contributed by atoms with E-state index in [-0.39, 0.29) is 24.5 Å². The molecule has 0 aromatic rings. The fourth-order valence-corrected chi connectivity index (χ4v) is 7.11. The maximum atomic E-state index is 11.3. The third kappa shape index (κ3) is 6.70. The van der Waals surface area contributed by atoms with Crippen LogP contribution in [0.1, 0.15) is 104 Å². The van der Waals surface area contributed by atoms with Crippen LogP contribution in [-0.4, -0.2) is 41.3 Å². The van der Waals surface area contributed by atoms with Gasteiger partial charge in [-0.1, -0.05) is 51.9 Å². The zero-order valence-corrected chi connectivity index (χ0v) is 20.8. The predicted octanol–water partition coefficient (Wildman–Crippen LogP) is 5.80. The molecule has 3 fully saturated rings. The maximum absolute atomic E-state index is 11.3. The van der Waals surface area contributed by atoms with Crippen molar-refractivity contribution in [3.63, 3.8) is 0 Å². The first-order valence-electron chi connectivity index (χ1n) is 13.5. The van der Waals surface area contributed by atoms with Gasteiger partial charge in [-0.2, -0.15) is 5.26 Å². The van der Waals surface area contributed by atoms with Gasteiger partial charge in [0.1, 0.15) is 0 Å². The van der Waals surface area contributed by atoms with E-state index < -0.39 is 5.97 Å². The van der Waals surface area contributed by atoms with Crippen molar-refractivity contribution < 1.29 is 9.90 Å². The van der Waals surface area contributed by atoms with Gasteiger partial charge >= 0.3 is 5.97 Å². The minimum absolute atomic E-state index is 0.0234. The van der Waals surface area contributed by atoms with Crippen LogP contribution in [0.3, 0.4) is 0 Å². The number of nitrogens with zero attached hydrogens (tertiary/aromatic N) is 2. The Hall–Kier alpha value is -1.12. The molecule has 2 saturated carbocycles. The molecular weight excluding hydrogens is 398 g/mol. The van der Waals surface area contributed by atoms with E-state index in [1.807, 2.05) is 6.92 Å². The number of aliphatic carboxylic acids is 1. The van der Waals surface area contributed by atoms with Crippen molar-refractivity contribution in [2.75, 3.05) is 7.05 Å². The van der Waals surface area contributed by atoms with E-state index in [1.165, 1.54) is 64.2 Å². The molecule has 5 nitrogen and oxygen atoms in total. The normalized spacial score (nSPS) is 36.3. The third-order valence-corrected chi connectivity index (χ3v) is 9.09. The van der Waals surface area contributed by atoms with Crippen LogP contribution >= 0.6 is 0 Å². The van der Waals surface area contributed by atoms with Crippen molar-refractivity contribution in [2.24, 2.45) is 29.6 Å². The molecule has 2 N–H and O–H groups in total. The third-order valence-electron chi connectivity index (χ3n) is 9.09. The highest BCUT2D eigenvalue weighted by Crippen LogP contribution is 2.48. The average molecular weight is 446 g/mol. The van der Waals surface area contributed by atoms with E-state index in [0.717, 1.165) is 31.1 Å². The lowest BCUT2D eigenvalue weighted by molar-refractivity contribution is -0.138. The second-order valence-corrected chi connectivity index (χ2v) is 11.2. The Bertz CT molecular complexity index is 633. The standard InChI is InChI=1S/C27H47N3O2/c1-4-5-6-7-9-20-12-13-25-24(16-20)23(22-11-8-10-21(15-22)18-28)17-26(29-25)30(3)19(2)14-27(31)32/h19-26,29H,4-17H2,1-3H3,(H,31,32). The molecule has 1 saturated heterocycles. The van der Waals surface area contributed by atoms with Gasteiger partial charge in [0.05, 0.1) is 18.7 Å². The fraction of sp³-hybridized carbons (Fsp3) is 0.926. The number of hydrogen-bond acceptors (Lipinski definition) is 4. The average Bonchev–Trinajstić information content (AvgIpc) is 2.80. The first kappa shape index (κ1) is 25.5. The Morgan fingerprint density at radius 1 is 1.12 bits per heavy atom. The number of nitriles is 1. The molecule has 32 heavy (non-hydrogen) atoms. The van der Waals surface area contributed by atoms with Crippen LogP contribution in [0.2, 0.25) is 0 Å². The Morgan fingerprint density at radius 3 is 2.66 bits per heavy atom. The summed E-state index contributed by atoms with van der Waals surface area (Å²) in [4.78, 5) is 13.6. The summed E-state index contributed by atoms with van der Waals surface area (Å²) in [5.41, 5.74) is 0. The number of unbranched alkanes of at least 4 members (excludes halogenated alkanes) is 3. The first-order valence-corrected chi connectivity index (χ1v) is 13.5. The highest BCUT2D eigenvalue weighted by atomic mass is 16.4. The van der Waals surface area contributed by atoms with Crippen LogP contribution in [0, 0.1) is 40.9 Å². The summed E-state index contributed by atoms with van der Waals surface area (Å²) in [6, 6.07) is 3.15. The number of carboxylic acid groups (broad SMARTS) is 1. The lowest BCUT2D eigenvalue weighted by Gasteiger charge is -2.53. The van der Waals surface area contributed by atoms with Crippen molar-refractivity contribution in [3.8, 4) is 6.07 Å². The minimum Gasteiger partial charge on any atom is -0.481 e. The summed E-state index contributed by atoms with van der Waals surface area (Å²) in [6.45, 7) is 4.32. The number of hydrogen-bond donors (Lipinski definition) is 2. The monoisotopic (exact) mass is 445 g/mol. The molecule has 3 aliphatic rings. The number of piperidine rings is 1. The highest BCUT2D eigenvalue weighted by Gasteiger charge is 2.45. The van der Waals surface area contributed by atoms with Crippen LogP contribution in [-0.2, 0) is 4.79 Å². The van der Waals surface area contributed by atoms with Crippen LogP contribution in [0.4, 0.5) is 0 Å². The Morgan fingerprint density at radius 2 is 1.94 bits per heavy atom. The van der Waals surface area contributed by atoms with Gasteiger partial charge in [0.25, 0.3) is 0 Å². The van der Waals surface area contributed by atoms with E-state index in [2.05, 4.69) is 30.3 Å². The van der Waals surface area contributed by atoms with Crippen molar-refractivity contribution in [1.82, 2.24) is 10.2 Å². The van der Waals surface area contributed by atoms with Crippen molar-refractivity contribution in [2.45, 2.75) is 122 Å². The van der Waals surface area contributed by atoms with E-state index in [1.54, 1.807) is 0 Å². The second-order valence-electron chi connectivity index (χ2n) is 11.2. The van der Waals surface area contributed by atoms with Gasteiger partial charge in [-0.05, 0) is 76.2 Å². The van der Waals surface area contributed by atoms with Crippen molar-refractivity contribution in [1.29, 1.82) is 5.26 Å². The van der Waals surface area contributed by atoms with E-state index in [0.29, 0.717) is 17.9 Å². The van der Waals surface area contributed by atoms with Gasteiger partial charge in [-0.3, -0.25) is 15.0 Å². The van der Waals surface area contributed by atoms with Crippen LogP contribution in [0.5, 0.6) is 0 Å². The molecule has 1 aliphatic heterocycles. The van der Waals surface area contributed by atoms with Gasteiger partial charge in [0, 0.05) is 18.0 Å². The topological polar surface area (TPSA) is 76.4 Å². The molecule has 182 valence electrons. The van der Waals surface area contributed by atoms with E-state index in [9.17, 15) is 15.2 Å². The summed E-state index contributed by atoms with van der Waals surface area (Å²) in [7, 11) is 2.10. The maximum Gasteiger partial charge on any atom is 0.304 e. The Labute approximate surface area is 196 Å². The van der Waals surface area contributed by atoms with Gasteiger partial charge in [0.15, 0.2) is 0 Å². The molecule has 3 rings (SSSR count). The number of fused-ring (bicyclic) bond motifs is 1. The summed E-state index contributed by atoms with van der Waals surface area (Å²) < 4.78 is 0. The molecule has 0 spiro atoms. The Balaban J connectivity index is 1.70. The van der Waals surface area contributed by atoms with Crippen LogP contribution in [0.15, 0.2) is 0 Å². The van der Waals surface area contributed by atoms with Gasteiger partial charge in [-0.25, -0.2) is 0 Å². The highest BCUT2D eigenvalue weighted by molar-refractivity contribution is 5.67. The number of carboxylic acids is 1. The molecule has 0 amide bonds. The lowest BCUT2D eigenvalue weighted by Crippen LogP contribution is -2.61. The summed E-state index contributed by atoms with van der Waals surface area (Å²) in [5, 5.41) is 22.8. The molecule has 0 radical (unpaired) electrons. The lowest BCUT2D eigenvalue weighted by atomic mass is 9.61. The zero-order valence-electron chi connectivity index (χ0n) is 20.8. The molecule has 8 unspecified atom stereocenters. The van der Waals surface area contributed by atoms with Gasteiger partial charge < -0.3 is 5.11 Å². The SMILES string of the molecule is CCCCCCC1CCC2NC(N(C)C(C)CC(=O)O)CC(C3CCCC(C#N)C3)C2C1. The molecular formula is C27H47N3O2. The predicted molar refractivity (Wildman–Crippen MR) is 129 cm³/mol. The summed E-state index contributed by atoms with van der Waals surface area (Å²) in [6.07, 6.45) is 16.9.